The molecule has 0 fully saturated rings. The third-order valence-corrected chi connectivity index (χ3v) is 13.2. The van der Waals surface area contributed by atoms with E-state index in [2.05, 4.69) is 265 Å². The predicted octanol–water partition coefficient (Wildman–Crippen LogP) is 20.1. The van der Waals surface area contributed by atoms with E-state index in [0.29, 0.717) is 0 Å². The molecule has 0 aliphatic heterocycles. The largest absolute Gasteiger partial charge is 0.457 e. The summed E-state index contributed by atoms with van der Waals surface area (Å²) in [4.78, 5) is 4.50. The highest BCUT2D eigenvalue weighted by molar-refractivity contribution is 5.86. The first-order chi connectivity index (χ1) is 38.6. The van der Waals surface area contributed by atoms with Gasteiger partial charge in [-0.15, -0.1) is 0 Å². The summed E-state index contributed by atoms with van der Waals surface area (Å²) >= 11 is 0. The molecule has 0 saturated carbocycles. The highest BCUT2D eigenvalue weighted by atomic mass is 16.5. The van der Waals surface area contributed by atoms with Crippen LogP contribution in [-0.4, -0.2) is 0 Å². The lowest BCUT2D eigenvalue weighted by molar-refractivity contribution is 0.482. The van der Waals surface area contributed by atoms with Crippen LogP contribution in [0.25, 0.3) is 35.5 Å². The van der Waals surface area contributed by atoms with Gasteiger partial charge in [0.25, 0.3) is 0 Å². The first kappa shape index (κ1) is 49.8. The lowest BCUT2D eigenvalue weighted by atomic mass is 9.98. The molecule has 0 aromatic heterocycles. The maximum atomic E-state index is 6.18. The van der Waals surface area contributed by atoms with Crippen LogP contribution in [0.2, 0.25) is 0 Å². The Bertz CT molecular complexity index is 3430. The Morgan fingerprint density at radius 1 is 0.231 bits per heavy atom. The van der Waals surface area contributed by atoms with Gasteiger partial charge in [-0.05, 0) is 148 Å². The van der Waals surface area contributed by atoms with E-state index in [1.807, 2.05) is 84.9 Å². The fraction of sp³-hybridized carbons (Fsp3) is 0. The monoisotopic (exact) mass is 1000 g/mol. The van der Waals surface area contributed by atoms with Crippen LogP contribution in [-0.2, 0) is 0 Å². The molecule has 11 aromatic carbocycles. The maximum Gasteiger partial charge on any atom is 0.127 e. The van der Waals surface area contributed by atoms with E-state index in [1.54, 1.807) is 0 Å². The lowest BCUT2D eigenvalue weighted by Crippen LogP contribution is -2.10. The molecule has 4 heteroatoms. The van der Waals surface area contributed by atoms with Gasteiger partial charge >= 0.3 is 0 Å². The van der Waals surface area contributed by atoms with Crippen molar-refractivity contribution in [3.8, 4) is 23.0 Å². The number of nitrogens with zero attached hydrogens (tertiary/aromatic N) is 2. The van der Waals surface area contributed by atoms with Crippen LogP contribution >= 0.6 is 0 Å². The Balaban J connectivity index is 0.829. The normalized spacial score (nSPS) is 11.0. The van der Waals surface area contributed by atoms with E-state index in [0.717, 1.165) is 101 Å². The van der Waals surface area contributed by atoms with Gasteiger partial charge < -0.3 is 19.3 Å². The fourth-order valence-electron chi connectivity index (χ4n) is 9.20. The van der Waals surface area contributed by atoms with Crippen molar-refractivity contribution >= 4 is 58.2 Å². The molecule has 0 aliphatic rings. The van der Waals surface area contributed by atoms with E-state index in [-0.39, 0.29) is 0 Å². The van der Waals surface area contributed by atoms with Crippen molar-refractivity contribution in [1.82, 2.24) is 0 Å². The van der Waals surface area contributed by atoms with Gasteiger partial charge in [-0.1, -0.05) is 224 Å². The molecule has 11 aromatic rings. The number of rotatable bonds is 18. The number of anilines is 4. The van der Waals surface area contributed by atoms with E-state index < -0.39 is 0 Å². The second-order valence-corrected chi connectivity index (χ2v) is 18.6. The summed E-state index contributed by atoms with van der Waals surface area (Å²) in [6, 6.07) is 105. The average Bonchev–Trinajstić information content (AvgIpc) is 3.53. The second kappa shape index (κ2) is 24.7. The van der Waals surface area contributed by atoms with E-state index >= 15 is 0 Å². The van der Waals surface area contributed by atoms with Crippen molar-refractivity contribution in [2.45, 2.75) is 0 Å². The smallest absolute Gasteiger partial charge is 0.127 e. The van der Waals surface area contributed by atoms with Crippen molar-refractivity contribution < 1.29 is 9.47 Å². The predicted molar refractivity (Wildman–Crippen MR) is 327 cm³/mol. The number of hydrogen-bond donors (Lipinski definition) is 0. The van der Waals surface area contributed by atoms with E-state index in [1.165, 1.54) is 0 Å². The summed E-state index contributed by atoms with van der Waals surface area (Å²) in [7, 11) is 0. The van der Waals surface area contributed by atoms with Crippen molar-refractivity contribution in [1.29, 1.82) is 0 Å². The minimum Gasteiger partial charge on any atom is -0.457 e. The number of benzene rings is 11. The fourth-order valence-corrected chi connectivity index (χ4v) is 9.20. The Labute approximate surface area is 458 Å². The van der Waals surface area contributed by atoms with Gasteiger partial charge in [0.15, 0.2) is 0 Å². The van der Waals surface area contributed by atoms with Crippen LogP contribution in [0.1, 0.15) is 44.5 Å². The molecule has 0 radical (unpaired) electrons. The zero-order chi connectivity index (χ0) is 52.6. The average molecular weight is 1010 g/mol. The van der Waals surface area contributed by atoms with Crippen LogP contribution < -0.4 is 19.3 Å². The first-order valence-electron chi connectivity index (χ1n) is 26.2. The van der Waals surface area contributed by atoms with Gasteiger partial charge in [0, 0.05) is 46.3 Å². The number of hydrogen-bond acceptors (Lipinski definition) is 4. The maximum absolute atomic E-state index is 6.18. The third kappa shape index (κ3) is 12.9. The van der Waals surface area contributed by atoms with Crippen LogP contribution in [0, 0.1) is 0 Å². The SMILES string of the molecule is C(=C(c1ccccc1)c1ccccc1)N(c1ccc(/C=C/c2cccc(/C=C/c3ccc(N(C=C(c4ccccc4)c4ccccc4)c4ccc(Oc5ccccc5)cc4)cc3)c2)cc1)c1ccc(Oc2ccccc2)cc1. The van der Waals surface area contributed by atoms with Crippen LogP contribution in [0.3, 0.4) is 0 Å². The van der Waals surface area contributed by atoms with Crippen molar-refractivity contribution in [3.05, 3.63) is 360 Å². The molecule has 0 bridgehead atoms. The minimum absolute atomic E-state index is 0.775. The molecule has 374 valence electrons. The van der Waals surface area contributed by atoms with Gasteiger partial charge in [-0.25, -0.2) is 0 Å². The van der Waals surface area contributed by atoms with Crippen LogP contribution in [0.5, 0.6) is 23.0 Å². The summed E-state index contributed by atoms with van der Waals surface area (Å²) in [5, 5.41) is 0. The molecule has 0 atom stereocenters. The topological polar surface area (TPSA) is 24.9 Å². The molecule has 0 N–H and O–H groups in total. The first-order valence-corrected chi connectivity index (χ1v) is 26.2. The summed E-state index contributed by atoms with van der Waals surface area (Å²) in [5.41, 5.74) is 15.3. The van der Waals surface area contributed by atoms with Crippen molar-refractivity contribution in [3.63, 3.8) is 0 Å². The van der Waals surface area contributed by atoms with Gasteiger partial charge in [-0.3, -0.25) is 0 Å². The van der Waals surface area contributed by atoms with E-state index in [4.69, 9.17) is 9.47 Å². The highest BCUT2D eigenvalue weighted by Gasteiger charge is 2.15. The zero-order valence-corrected chi connectivity index (χ0v) is 43.0. The third-order valence-electron chi connectivity index (χ3n) is 13.2. The van der Waals surface area contributed by atoms with Crippen LogP contribution in [0.15, 0.2) is 316 Å². The minimum atomic E-state index is 0.775. The Kier molecular flexibility index (Phi) is 15.8. The molecular formula is C74H56N2O2. The molecule has 0 saturated heterocycles. The molecule has 0 spiro atoms. The van der Waals surface area contributed by atoms with Crippen LogP contribution in [0.4, 0.5) is 22.7 Å². The Morgan fingerprint density at radius 2 is 0.487 bits per heavy atom. The van der Waals surface area contributed by atoms with E-state index in [9.17, 15) is 0 Å². The van der Waals surface area contributed by atoms with Crippen molar-refractivity contribution in [2.24, 2.45) is 0 Å². The molecule has 4 nitrogen and oxygen atoms in total. The van der Waals surface area contributed by atoms with Gasteiger partial charge in [0.1, 0.15) is 23.0 Å². The Morgan fingerprint density at radius 3 is 0.795 bits per heavy atom. The highest BCUT2D eigenvalue weighted by Crippen LogP contribution is 2.36. The zero-order valence-electron chi connectivity index (χ0n) is 43.0. The summed E-state index contributed by atoms with van der Waals surface area (Å²) < 4.78 is 12.4. The van der Waals surface area contributed by atoms with Gasteiger partial charge in [0.05, 0.1) is 0 Å². The molecule has 0 aliphatic carbocycles. The summed E-state index contributed by atoms with van der Waals surface area (Å²) in [6.45, 7) is 0. The second-order valence-electron chi connectivity index (χ2n) is 18.6. The molecule has 0 heterocycles. The number of ether oxygens (including phenoxy) is 2. The Hall–Kier alpha value is -10.4. The standard InChI is InChI=1S/C74H56N2O2/c1-7-22-61(23-8-1)73(62-24-9-2-10-25-62)55-75(67-46-50-71(51-47-67)77-69-30-15-5-16-31-69)65-42-38-57(39-43-65)34-36-59-20-19-21-60(54-59)37-35-58-40-44-66(45-41-58)76(68-48-52-72(53-49-68)78-70-32-17-6-18-33-70)56-74(63-26-11-3-12-27-63)64-28-13-4-14-29-64/h1-56H/b36-34+,37-35+. The van der Waals surface area contributed by atoms with Gasteiger partial charge in [0.2, 0.25) is 0 Å². The lowest BCUT2D eigenvalue weighted by Gasteiger charge is -2.24. The number of para-hydroxylation sites is 2. The molecular weight excluding hydrogens is 949 g/mol. The molecule has 0 unspecified atom stereocenters. The molecule has 11 rings (SSSR count). The van der Waals surface area contributed by atoms with Crippen molar-refractivity contribution in [2.75, 3.05) is 9.80 Å². The quantitative estimate of drug-likeness (QED) is 0.0800. The van der Waals surface area contributed by atoms with Gasteiger partial charge in [-0.2, -0.15) is 0 Å². The summed E-state index contributed by atoms with van der Waals surface area (Å²) in [6.07, 6.45) is 13.2. The summed E-state index contributed by atoms with van der Waals surface area (Å²) in [5.74, 6) is 3.15. The molecule has 0 amide bonds. The molecule has 78 heavy (non-hydrogen) atoms.